The summed E-state index contributed by atoms with van der Waals surface area (Å²) in [5.41, 5.74) is 3.70. The van der Waals surface area contributed by atoms with Gasteiger partial charge in [-0.2, -0.15) is 10.5 Å². The summed E-state index contributed by atoms with van der Waals surface area (Å²) in [6.07, 6.45) is 0.611. The number of nitrogens with one attached hydrogen (secondary N) is 1. The second kappa shape index (κ2) is 8.36. The first kappa shape index (κ1) is 19.6. The minimum absolute atomic E-state index is 0.139. The van der Waals surface area contributed by atoms with E-state index in [0.717, 1.165) is 21.0 Å². The maximum Gasteiger partial charge on any atom is 0.254 e. The van der Waals surface area contributed by atoms with Crippen LogP contribution in [0.25, 0.3) is 0 Å². The molecule has 7 heteroatoms. The fourth-order valence-electron chi connectivity index (χ4n) is 3.47. The average Bonchev–Trinajstić information content (AvgIpc) is 3.14. The predicted molar refractivity (Wildman–Crippen MR) is 112 cm³/mol. The summed E-state index contributed by atoms with van der Waals surface area (Å²) >= 11 is 1.49. The van der Waals surface area contributed by atoms with Crippen molar-refractivity contribution in [1.29, 1.82) is 10.5 Å². The van der Waals surface area contributed by atoms with Crippen LogP contribution in [0.15, 0.2) is 48.5 Å². The van der Waals surface area contributed by atoms with Gasteiger partial charge in [0, 0.05) is 23.5 Å². The number of amides is 1. The first-order valence-electron chi connectivity index (χ1n) is 9.41. The average molecular weight is 416 g/mol. The Morgan fingerprint density at radius 2 is 1.83 bits per heavy atom. The summed E-state index contributed by atoms with van der Waals surface area (Å²) < 4.78 is 13.1. The summed E-state index contributed by atoms with van der Waals surface area (Å²) in [5, 5.41) is 22.7. The van der Waals surface area contributed by atoms with Gasteiger partial charge in [-0.15, -0.1) is 11.3 Å². The van der Waals surface area contributed by atoms with Crippen molar-refractivity contribution in [3.05, 3.63) is 87.0 Å². The number of halogens is 1. The molecular formula is C23H17FN4OS. The highest BCUT2D eigenvalue weighted by atomic mass is 32.1. The highest BCUT2D eigenvalue weighted by Gasteiger charge is 2.27. The molecule has 1 amide bonds. The van der Waals surface area contributed by atoms with Gasteiger partial charge < -0.3 is 10.2 Å². The number of nitriles is 2. The molecule has 3 aromatic rings. The molecule has 0 fully saturated rings. The van der Waals surface area contributed by atoms with Crippen molar-refractivity contribution in [2.75, 3.05) is 11.9 Å². The largest absolute Gasteiger partial charge is 0.372 e. The number of carbonyl (C=O) groups is 1. The Bertz CT molecular complexity index is 1170. The third-order valence-electron chi connectivity index (χ3n) is 5.08. The van der Waals surface area contributed by atoms with Crippen molar-refractivity contribution >= 4 is 22.2 Å². The molecule has 0 spiro atoms. The Labute approximate surface area is 177 Å². The van der Waals surface area contributed by atoms with Crippen LogP contribution in [0.2, 0.25) is 0 Å². The minimum atomic E-state index is -0.373. The lowest BCUT2D eigenvalue weighted by Crippen LogP contribution is -2.35. The van der Waals surface area contributed by atoms with Gasteiger partial charge in [0.2, 0.25) is 0 Å². The Morgan fingerprint density at radius 3 is 2.50 bits per heavy atom. The van der Waals surface area contributed by atoms with Crippen LogP contribution in [0.1, 0.15) is 37.5 Å². The molecule has 1 aliphatic heterocycles. The lowest BCUT2D eigenvalue weighted by molar-refractivity contribution is 0.0737. The van der Waals surface area contributed by atoms with Gasteiger partial charge in [-0.05, 0) is 53.9 Å². The number of thiophene rings is 1. The first-order chi connectivity index (χ1) is 14.6. The van der Waals surface area contributed by atoms with Gasteiger partial charge in [-0.3, -0.25) is 4.79 Å². The summed E-state index contributed by atoms with van der Waals surface area (Å²) in [7, 11) is 0. The third kappa shape index (κ3) is 3.89. The molecule has 1 aromatic heterocycles. The highest BCUT2D eigenvalue weighted by molar-refractivity contribution is 7.16. The Hall–Kier alpha value is -3.68. The van der Waals surface area contributed by atoms with Crippen LogP contribution in [-0.4, -0.2) is 17.4 Å². The van der Waals surface area contributed by atoms with Gasteiger partial charge in [0.05, 0.1) is 23.7 Å². The van der Waals surface area contributed by atoms with Crippen LogP contribution in [0.5, 0.6) is 0 Å². The zero-order chi connectivity index (χ0) is 21.1. The van der Waals surface area contributed by atoms with Crippen molar-refractivity contribution in [2.45, 2.75) is 19.5 Å². The molecule has 0 radical (unpaired) electrons. The fourth-order valence-corrected chi connectivity index (χ4v) is 4.68. The van der Waals surface area contributed by atoms with Gasteiger partial charge in [-0.25, -0.2) is 4.39 Å². The van der Waals surface area contributed by atoms with Crippen molar-refractivity contribution < 1.29 is 9.18 Å². The van der Waals surface area contributed by atoms with E-state index in [-0.39, 0.29) is 11.7 Å². The van der Waals surface area contributed by atoms with E-state index in [1.165, 1.54) is 35.6 Å². The van der Waals surface area contributed by atoms with E-state index in [9.17, 15) is 14.4 Å². The number of nitrogens with zero attached hydrogens (tertiary/aromatic N) is 3. The fraction of sp³-hybridized carbons (Fsp3) is 0.174. The smallest absolute Gasteiger partial charge is 0.254 e. The van der Waals surface area contributed by atoms with Gasteiger partial charge in [0.15, 0.2) is 0 Å². The summed E-state index contributed by atoms with van der Waals surface area (Å²) in [4.78, 5) is 15.5. The topological polar surface area (TPSA) is 79.9 Å². The molecule has 0 atom stereocenters. The molecule has 0 unspecified atom stereocenters. The maximum absolute atomic E-state index is 13.1. The van der Waals surface area contributed by atoms with E-state index in [2.05, 4.69) is 17.5 Å². The Kier molecular flexibility index (Phi) is 5.47. The molecule has 5 nitrogen and oxygen atoms in total. The molecule has 0 saturated carbocycles. The van der Waals surface area contributed by atoms with E-state index >= 15 is 0 Å². The molecule has 4 rings (SSSR count). The molecule has 1 aliphatic rings. The van der Waals surface area contributed by atoms with Gasteiger partial charge in [0.1, 0.15) is 16.9 Å². The maximum atomic E-state index is 13.1. The standard InChI is InChI=1S/C23H17FN4OS/c24-18-7-5-17(6-8-18)23(29)28-10-9-19-20(12-26)22(30-21(19)14-28)27-13-16-3-1-15(11-25)2-4-16/h1-8,27H,9-10,13-14H2. The quantitative estimate of drug-likeness (QED) is 0.682. The number of hydrogen-bond acceptors (Lipinski definition) is 5. The number of rotatable bonds is 4. The molecule has 30 heavy (non-hydrogen) atoms. The van der Waals surface area contributed by atoms with Crippen LogP contribution in [-0.2, 0) is 19.5 Å². The lowest BCUT2D eigenvalue weighted by atomic mass is 10.0. The first-order valence-corrected chi connectivity index (χ1v) is 10.2. The number of hydrogen-bond donors (Lipinski definition) is 1. The second-order valence-electron chi connectivity index (χ2n) is 6.97. The summed E-state index contributed by atoms with van der Waals surface area (Å²) in [6.45, 7) is 1.49. The van der Waals surface area contributed by atoms with E-state index < -0.39 is 0 Å². The minimum Gasteiger partial charge on any atom is -0.372 e. The van der Waals surface area contributed by atoms with E-state index in [1.807, 2.05) is 12.1 Å². The monoisotopic (exact) mass is 416 g/mol. The number of carbonyl (C=O) groups excluding carboxylic acids is 1. The SMILES string of the molecule is N#Cc1ccc(CNc2sc3c(c2C#N)CCN(C(=O)c2ccc(F)cc2)C3)cc1. The van der Waals surface area contributed by atoms with E-state index in [1.54, 1.807) is 17.0 Å². The van der Waals surface area contributed by atoms with Crippen LogP contribution in [0, 0.1) is 28.5 Å². The number of anilines is 1. The Morgan fingerprint density at radius 1 is 1.10 bits per heavy atom. The lowest BCUT2D eigenvalue weighted by Gasteiger charge is -2.27. The molecule has 0 aliphatic carbocycles. The van der Waals surface area contributed by atoms with Crippen molar-refractivity contribution in [2.24, 2.45) is 0 Å². The van der Waals surface area contributed by atoms with E-state index in [4.69, 9.17) is 5.26 Å². The van der Waals surface area contributed by atoms with Gasteiger partial charge in [-0.1, -0.05) is 12.1 Å². The molecular weight excluding hydrogens is 399 g/mol. The van der Waals surface area contributed by atoms with Gasteiger partial charge >= 0.3 is 0 Å². The van der Waals surface area contributed by atoms with Crippen molar-refractivity contribution in [3.8, 4) is 12.1 Å². The molecule has 2 heterocycles. The predicted octanol–water partition coefficient (Wildman–Crippen LogP) is 4.44. The van der Waals surface area contributed by atoms with Crippen LogP contribution < -0.4 is 5.32 Å². The van der Waals surface area contributed by atoms with Crippen molar-refractivity contribution in [3.63, 3.8) is 0 Å². The van der Waals surface area contributed by atoms with Crippen LogP contribution >= 0.6 is 11.3 Å². The summed E-state index contributed by atoms with van der Waals surface area (Å²) in [5.74, 6) is -0.512. The second-order valence-corrected chi connectivity index (χ2v) is 8.07. The molecule has 0 bridgehead atoms. The van der Waals surface area contributed by atoms with Gasteiger partial charge in [0.25, 0.3) is 5.91 Å². The zero-order valence-corrected chi connectivity index (χ0v) is 16.8. The zero-order valence-electron chi connectivity index (χ0n) is 16.0. The third-order valence-corrected chi connectivity index (χ3v) is 6.26. The number of benzene rings is 2. The molecule has 148 valence electrons. The van der Waals surface area contributed by atoms with Crippen LogP contribution in [0.3, 0.4) is 0 Å². The molecule has 2 aromatic carbocycles. The molecule has 1 N–H and O–H groups in total. The normalized spacial score (nSPS) is 12.6. The Balaban J connectivity index is 1.50. The number of fused-ring (bicyclic) bond motifs is 1. The van der Waals surface area contributed by atoms with Crippen LogP contribution in [0.4, 0.5) is 9.39 Å². The van der Waals surface area contributed by atoms with E-state index in [0.29, 0.717) is 42.7 Å². The van der Waals surface area contributed by atoms with Crippen molar-refractivity contribution in [1.82, 2.24) is 4.90 Å². The highest BCUT2D eigenvalue weighted by Crippen LogP contribution is 2.37. The summed E-state index contributed by atoms with van der Waals surface area (Å²) in [6, 6.07) is 17.2. The molecule has 0 saturated heterocycles.